The van der Waals surface area contributed by atoms with Gasteiger partial charge in [-0.1, -0.05) is 17.7 Å². The van der Waals surface area contributed by atoms with Crippen molar-refractivity contribution in [1.29, 1.82) is 0 Å². The Morgan fingerprint density at radius 1 is 1.20 bits per heavy atom. The zero-order valence-electron chi connectivity index (χ0n) is 10.7. The summed E-state index contributed by atoms with van der Waals surface area (Å²) in [6.07, 6.45) is 0.807. The number of nitrogens with two attached hydrogens (primary N) is 1. The molecule has 0 aliphatic rings. The molecule has 0 aliphatic heterocycles. The molecular formula is C15H14BrClFNO. The number of hydrogen-bond donors (Lipinski definition) is 1. The molecule has 5 heteroatoms. The average molecular weight is 359 g/mol. The molecule has 0 aliphatic carbocycles. The van der Waals surface area contributed by atoms with Crippen LogP contribution in [0.5, 0.6) is 5.75 Å². The lowest BCUT2D eigenvalue weighted by Gasteiger charge is -2.10. The van der Waals surface area contributed by atoms with Crippen LogP contribution in [0.15, 0.2) is 40.9 Å². The molecule has 2 aromatic rings. The van der Waals surface area contributed by atoms with Crippen molar-refractivity contribution in [2.24, 2.45) is 5.73 Å². The van der Waals surface area contributed by atoms with Crippen LogP contribution in [0.25, 0.3) is 0 Å². The molecular weight excluding hydrogens is 345 g/mol. The third-order valence-corrected chi connectivity index (χ3v) is 3.68. The Morgan fingerprint density at radius 3 is 2.70 bits per heavy atom. The van der Waals surface area contributed by atoms with Crippen molar-refractivity contribution in [3.8, 4) is 5.75 Å². The highest BCUT2D eigenvalue weighted by atomic mass is 79.9. The van der Waals surface area contributed by atoms with Gasteiger partial charge in [-0.15, -0.1) is 0 Å². The lowest BCUT2D eigenvalue weighted by atomic mass is 10.1. The smallest absolute Gasteiger partial charge is 0.134 e. The van der Waals surface area contributed by atoms with Gasteiger partial charge in [0.1, 0.15) is 18.2 Å². The molecule has 0 amide bonds. The second kappa shape index (κ2) is 7.07. The van der Waals surface area contributed by atoms with Gasteiger partial charge in [0, 0.05) is 10.6 Å². The molecule has 2 nitrogen and oxygen atoms in total. The predicted octanol–water partition coefficient (Wildman–Crippen LogP) is 4.32. The molecule has 0 saturated carbocycles. The van der Waals surface area contributed by atoms with Crippen molar-refractivity contribution in [1.82, 2.24) is 0 Å². The maximum atomic E-state index is 13.6. The van der Waals surface area contributed by atoms with Crippen molar-refractivity contribution in [3.05, 3.63) is 62.8 Å². The Balaban J connectivity index is 2.09. The lowest BCUT2D eigenvalue weighted by Crippen LogP contribution is -2.03. The van der Waals surface area contributed by atoms with Crippen LogP contribution >= 0.6 is 27.5 Å². The highest BCUT2D eigenvalue weighted by molar-refractivity contribution is 9.10. The van der Waals surface area contributed by atoms with E-state index in [-0.39, 0.29) is 12.4 Å². The van der Waals surface area contributed by atoms with Crippen LogP contribution in [0.3, 0.4) is 0 Å². The first kappa shape index (κ1) is 15.3. The van der Waals surface area contributed by atoms with E-state index in [9.17, 15) is 4.39 Å². The Bertz CT molecular complexity index is 606. The second-order valence-corrected chi connectivity index (χ2v) is 5.62. The maximum Gasteiger partial charge on any atom is 0.134 e. The molecule has 0 saturated heterocycles. The van der Waals surface area contributed by atoms with Gasteiger partial charge < -0.3 is 10.5 Å². The monoisotopic (exact) mass is 357 g/mol. The van der Waals surface area contributed by atoms with Crippen LogP contribution in [0.2, 0.25) is 5.02 Å². The molecule has 0 radical (unpaired) electrons. The van der Waals surface area contributed by atoms with Crippen LogP contribution in [-0.2, 0) is 13.0 Å². The van der Waals surface area contributed by atoms with Crippen LogP contribution < -0.4 is 10.5 Å². The molecule has 2 aromatic carbocycles. The van der Waals surface area contributed by atoms with E-state index in [2.05, 4.69) is 15.9 Å². The first-order valence-corrected chi connectivity index (χ1v) is 7.32. The Morgan fingerprint density at radius 2 is 2.00 bits per heavy atom. The van der Waals surface area contributed by atoms with Crippen molar-refractivity contribution < 1.29 is 9.13 Å². The summed E-state index contributed by atoms with van der Waals surface area (Å²) in [7, 11) is 0. The largest absolute Gasteiger partial charge is 0.488 e. The van der Waals surface area contributed by atoms with Gasteiger partial charge >= 0.3 is 0 Å². The summed E-state index contributed by atoms with van der Waals surface area (Å²) in [4.78, 5) is 0. The topological polar surface area (TPSA) is 35.2 Å². The number of benzene rings is 2. The quantitative estimate of drug-likeness (QED) is 0.864. The summed E-state index contributed by atoms with van der Waals surface area (Å²) in [5.74, 6) is 0.329. The second-order valence-electron chi connectivity index (χ2n) is 4.33. The molecule has 0 atom stereocenters. The Hall–Kier alpha value is -1.10. The van der Waals surface area contributed by atoms with Gasteiger partial charge in [-0.2, -0.15) is 0 Å². The van der Waals surface area contributed by atoms with E-state index < -0.39 is 0 Å². The van der Waals surface area contributed by atoms with Crippen LogP contribution in [0, 0.1) is 5.82 Å². The minimum absolute atomic E-state index is 0.126. The standard InChI is InChI=1S/C15H14BrClFNO/c16-13-7-10(5-6-19)1-4-15(13)20-9-11-8-12(17)2-3-14(11)18/h1-4,7-8H,5-6,9,19H2. The fraction of sp³-hybridized carbons (Fsp3) is 0.200. The molecule has 0 unspecified atom stereocenters. The number of halogens is 3. The summed E-state index contributed by atoms with van der Waals surface area (Å²) >= 11 is 9.28. The fourth-order valence-electron chi connectivity index (χ4n) is 1.79. The average Bonchev–Trinajstić information content (AvgIpc) is 2.42. The minimum Gasteiger partial charge on any atom is -0.488 e. The third-order valence-electron chi connectivity index (χ3n) is 2.82. The first-order chi connectivity index (χ1) is 9.60. The van der Waals surface area contributed by atoms with E-state index in [1.807, 2.05) is 18.2 Å². The summed E-state index contributed by atoms with van der Waals surface area (Å²) in [5, 5.41) is 0.488. The number of hydrogen-bond acceptors (Lipinski definition) is 2. The Labute approximate surface area is 130 Å². The van der Waals surface area contributed by atoms with Gasteiger partial charge in [-0.3, -0.25) is 0 Å². The van der Waals surface area contributed by atoms with Gasteiger partial charge in [0.05, 0.1) is 4.47 Å². The third kappa shape index (κ3) is 3.95. The molecule has 2 N–H and O–H groups in total. The zero-order valence-corrected chi connectivity index (χ0v) is 13.0. The fourth-order valence-corrected chi connectivity index (χ4v) is 2.53. The maximum absolute atomic E-state index is 13.6. The highest BCUT2D eigenvalue weighted by Gasteiger charge is 2.07. The molecule has 0 spiro atoms. The summed E-state index contributed by atoms with van der Waals surface area (Å²) in [6.45, 7) is 0.724. The van der Waals surface area contributed by atoms with Crippen molar-refractivity contribution in [3.63, 3.8) is 0 Å². The molecule has 20 heavy (non-hydrogen) atoms. The summed E-state index contributed by atoms with van der Waals surface area (Å²) in [5.41, 5.74) is 7.07. The summed E-state index contributed by atoms with van der Waals surface area (Å²) in [6, 6.07) is 10.2. The SMILES string of the molecule is NCCc1ccc(OCc2cc(Cl)ccc2F)c(Br)c1. The van der Waals surface area contributed by atoms with Crippen molar-refractivity contribution in [2.75, 3.05) is 6.54 Å². The van der Waals surface area contributed by atoms with Crippen LogP contribution in [0.4, 0.5) is 4.39 Å². The molecule has 106 valence electrons. The predicted molar refractivity (Wildman–Crippen MR) is 82.6 cm³/mol. The van der Waals surface area contributed by atoms with Crippen LogP contribution in [-0.4, -0.2) is 6.54 Å². The van der Waals surface area contributed by atoms with E-state index in [1.165, 1.54) is 12.1 Å². The number of ether oxygens (including phenoxy) is 1. The lowest BCUT2D eigenvalue weighted by molar-refractivity contribution is 0.298. The van der Waals surface area contributed by atoms with E-state index in [1.54, 1.807) is 6.07 Å². The van der Waals surface area contributed by atoms with Crippen molar-refractivity contribution >= 4 is 27.5 Å². The van der Waals surface area contributed by atoms with Gasteiger partial charge in [0.25, 0.3) is 0 Å². The zero-order chi connectivity index (χ0) is 14.5. The van der Waals surface area contributed by atoms with Gasteiger partial charge in [-0.25, -0.2) is 4.39 Å². The van der Waals surface area contributed by atoms with E-state index >= 15 is 0 Å². The van der Waals surface area contributed by atoms with Gasteiger partial charge in [0.2, 0.25) is 0 Å². The molecule has 2 rings (SSSR count). The molecule has 0 bridgehead atoms. The first-order valence-electron chi connectivity index (χ1n) is 6.15. The summed E-state index contributed by atoms with van der Waals surface area (Å²) < 4.78 is 20.0. The highest BCUT2D eigenvalue weighted by Crippen LogP contribution is 2.27. The van der Waals surface area contributed by atoms with Gasteiger partial charge in [0.15, 0.2) is 0 Å². The van der Waals surface area contributed by atoms with E-state index in [4.69, 9.17) is 22.1 Å². The van der Waals surface area contributed by atoms with Crippen molar-refractivity contribution in [2.45, 2.75) is 13.0 Å². The Kier molecular flexibility index (Phi) is 5.40. The molecule has 0 aromatic heterocycles. The normalized spacial score (nSPS) is 10.6. The number of rotatable bonds is 5. The van der Waals surface area contributed by atoms with E-state index in [0.29, 0.717) is 22.9 Å². The van der Waals surface area contributed by atoms with Crippen LogP contribution in [0.1, 0.15) is 11.1 Å². The van der Waals surface area contributed by atoms with E-state index in [0.717, 1.165) is 16.5 Å². The van der Waals surface area contributed by atoms with Gasteiger partial charge in [-0.05, 0) is 64.8 Å². The molecule has 0 fully saturated rings. The molecule has 0 heterocycles. The minimum atomic E-state index is -0.328.